The molecule has 5 heteroatoms. The van der Waals surface area contributed by atoms with Crippen LogP contribution in [0.4, 0.5) is 0 Å². The minimum Gasteiger partial charge on any atom is -0.359 e. The summed E-state index contributed by atoms with van der Waals surface area (Å²) in [7, 11) is 0. The topological polar surface area (TPSA) is 50.2 Å². The lowest BCUT2D eigenvalue weighted by Crippen LogP contribution is -2.31. The molecule has 1 atom stereocenters. The maximum Gasteiger partial charge on any atom is 0.160 e. The largest absolute Gasteiger partial charge is 0.359 e. The fourth-order valence-electron chi connectivity index (χ4n) is 9.29. The van der Waals surface area contributed by atoms with Crippen molar-refractivity contribution in [3.05, 3.63) is 241 Å². The monoisotopic (exact) mass is 850 g/mol. The van der Waals surface area contributed by atoms with Gasteiger partial charge >= 0.3 is 0 Å². The first-order chi connectivity index (χ1) is 32.2. The normalized spacial score (nSPS) is 14.8. The van der Waals surface area contributed by atoms with E-state index in [0.29, 0.717) is 0 Å². The van der Waals surface area contributed by atoms with E-state index in [0.717, 1.165) is 75.0 Å². The van der Waals surface area contributed by atoms with Gasteiger partial charge in [0.2, 0.25) is 0 Å². The van der Waals surface area contributed by atoms with Gasteiger partial charge in [-0.05, 0) is 92.9 Å². The fourth-order valence-corrected chi connectivity index (χ4v) is 10.4. The summed E-state index contributed by atoms with van der Waals surface area (Å²) in [5.41, 5.74) is 14.2. The van der Waals surface area contributed by atoms with Crippen LogP contribution in [0.25, 0.3) is 87.1 Å². The second kappa shape index (κ2) is 16.6. The second-order valence-electron chi connectivity index (χ2n) is 16.7. The highest BCUT2D eigenvalue weighted by Crippen LogP contribution is 2.43. The van der Waals surface area contributed by atoms with Gasteiger partial charge in [0.05, 0.1) is 23.1 Å². The fraction of sp³-hybridized carbons (Fsp3) is 0.0500. The Hall–Kier alpha value is -7.99. The Morgan fingerprint density at radius 3 is 1.94 bits per heavy atom. The van der Waals surface area contributed by atoms with Crippen LogP contribution in [0.15, 0.2) is 223 Å². The average molecular weight is 851 g/mol. The number of amidine groups is 1. The van der Waals surface area contributed by atoms with Crippen molar-refractivity contribution in [2.45, 2.75) is 18.9 Å². The predicted octanol–water partition coefficient (Wildman–Crippen LogP) is 15.5. The Labute approximate surface area is 382 Å². The molecule has 0 saturated heterocycles. The molecular formula is C60H42N4S. The molecule has 1 aliphatic heterocycles. The number of nitrogens with one attached hydrogen (secondary N) is 1. The quantitative estimate of drug-likeness (QED) is 0.166. The molecule has 1 aliphatic carbocycles. The lowest BCUT2D eigenvalue weighted by atomic mass is 9.91. The number of hydrogen-bond donors (Lipinski definition) is 1. The minimum atomic E-state index is -0.0124. The highest BCUT2D eigenvalue weighted by atomic mass is 32.1. The molecule has 0 fully saturated rings. The van der Waals surface area contributed by atoms with Crippen LogP contribution in [0.1, 0.15) is 41.3 Å². The Morgan fingerprint density at radius 2 is 1.15 bits per heavy atom. The number of benzene rings is 8. The van der Waals surface area contributed by atoms with Gasteiger partial charge in [0.1, 0.15) is 5.84 Å². The molecule has 1 unspecified atom stereocenters. The maximum absolute atomic E-state index is 5.27. The molecule has 2 aromatic heterocycles. The van der Waals surface area contributed by atoms with Crippen LogP contribution < -0.4 is 5.32 Å². The molecule has 8 aromatic carbocycles. The van der Waals surface area contributed by atoms with E-state index in [2.05, 4.69) is 218 Å². The standard InChI is InChI=1S/C60H42N4S/c1-4-16-42(17-5-1)53-37-54(43-18-6-2-7-19-43)62-59(61-53)45-31-27-40(28-32-45)50-35-52-49-24-12-13-26-57(49)65-58(52)36-51(50)41-29-33-46(34-30-41)60-63-55(44-20-8-3-9-21-44)38-56(64-60)48-25-14-22-39-15-10-11-23-47(39)48/h1-8,10-20,22-38,53H,9,21H2,(H,61,62). The number of thiophene rings is 1. The summed E-state index contributed by atoms with van der Waals surface area (Å²) < 4.78 is 2.56. The summed E-state index contributed by atoms with van der Waals surface area (Å²) in [6.45, 7) is 0. The van der Waals surface area contributed by atoms with Crippen LogP contribution in [-0.2, 0) is 0 Å². The van der Waals surface area contributed by atoms with E-state index in [-0.39, 0.29) is 6.04 Å². The zero-order valence-electron chi connectivity index (χ0n) is 35.5. The van der Waals surface area contributed by atoms with Crippen molar-refractivity contribution in [2.75, 3.05) is 0 Å². The van der Waals surface area contributed by atoms with E-state index in [1.165, 1.54) is 53.2 Å². The molecular weight excluding hydrogens is 809 g/mol. The number of allylic oxidation sites excluding steroid dienone is 4. The van der Waals surface area contributed by atoms with Gasteiger partial charge in [0, 0.05) is 36.9 Å². The summed E-state index contributed by atoms with van der Waals surface area (Å²) in [5, 5.41) is 8.67. The smallest absolute Gasteiger partial charge is 0.160 e. The van der Waals surface area contributed by atoms with Gasteiger partial charge < -0.3 is 5.32 Å². The number of hydrogen-bond acceptors (Lipinski definition) is 5. The Balaban J connectivity index is 0.942. The zero-order valence-corrected chi connectivity index (χ0v) is 36.3. The van der Waals surface area contributed by atoms with E-state index >= 15 is 0 Å². The number of aromatic nitrogens is 2. The van der Waals surface area contributed by atoms with Crippen LogP contribution >= 0.6 is 11.3 Å². The van der Waals surface area contributed by atoms with Gasteiger partial charge in [-0.3, -0.25) is 0 Å². The van der Waals surface area contributed by atoms with E-state index in [4.69, 9.17) is 15.0 Å². The number of nitrogens with zero attached hydrogens (tertiary/aromatic N) is 3. The van der Waals surface area contributed by atoms with Gasteiger partial charge in [0.25, 0.3) is 0 Å². The molecule has 12 rings (SSSR count). The first kappa shape index (κ1) is 38.7. The second-order valence-corrected chi connectivity index (χ2v) is 17.8. The molecule has 10 aromatic rings. The van der Waals surface area contributed by atoms with Gasteiger partial charge in [-0.1, -0.05) is 188 Å². The van der Waals surface area contributed by atoms with Crippen molar-refractivity contribution in [2.24, 2.45) is 4.99 Å². The Morgan fingerprint density at radius 1 is 0.492 bits per heavy atom. The van der Waals surface area contributed by atoms with E-state index in [1.54, 1.807) is 0 Å². The molecule has 2 aliphatic rings. The van der Waals surface area contributed by atoms with Gasteiger partial charge in [0.15, 0.2) is 5.82 Å². The SMILES string of the molecule is C1=CCCC(c2cc(-c3cccc4ccccc34)nc(-c3ccc(-c4cc5sc6ccccc6c5cc4-c4ccc(C5=NC(c6ccccc6)=CC(c6ccccc6)N5)cc4)cc3)n2)=C1. The third-order valence-corrected chi connectivity index (χ3v) is 13.8. The number of fused-ring (bicyclic) bond motifs is 4. The molecule has 1 N–H and O–H groups in total. The number of aliphatic imine (C=N–C) groups is 1. The van der Waals surface area contributed by atoms with Crippen molar-refractivity contribution in [3.8, 4) is 44.9 Å². The molecule has 65 heavy (non-hydrogen) atoms. The van der Waals surface area contributed by atoms with Gasteiger partial charge in [-0.15, -0.1) is 11.3 Å². The van der Waals surface area contributed by atoms with E-state index < -0.39 is 0 Å². The first-order valence-corrected chi connectivity index (χ1v) is 23.1. The Bertz CT molecular complexity index is 3540. The Kier molecular flexibility index (Phi) is 9.88. The van der Waals surface area contributed by atoms with Crippen LogP contribution in [0, 0.1) is 0 Å². The summed E-state index contributed by atoms with van der Waals surface area (Å²) >= 11 is 1.85. The van der Waals surface area contributed by atoms with Crippen molar-refractivity contribution in [1.29, 1.82) is 0 Å². The lowest BCUT2D eigenvalue weighted by molar-refractivity contribution is 0.781. The molecule has 0 saturated carbocycles. The zero-order chi connectivity index (χ0) is 43.1. The first-order valence-electron chi connectivity index (χ1n) is 22.3. The van der Waals surface area contributed by atoms with Crippen LogP contribution in [0.3, 0.4) is 0 Å². The molecule has 3 heterocycles. The van der Waals surface area contributed by atoms with Gasteiger partial charge in [-0.25, -0.2) is 15.0 Å². The van der Waals surface area contributed by atoms with Crippen LogP contribution in [0.5, 0.6) is 0 Å². The van der Waals surface area contributed by atoms with Crippen molar-refractivity contribution < 1.29 is 0 Å². The third kappa shape index (κ3) is 7.46. The molecule has 0 bridgehead atoms. The summed E-state index contributed by atoms with van der Waals surface area (Å²) in [6.07, 6.45) is 10.7. The molecule has 0 spiro atoms. The summed E-state index contributed by atoms with van der Waals surface area (Å²) in [6, 6.07) is 69.4. The van der Waals surface area contributed by atoms with E-state index in [9.17, 15) is 0 Å². The summed E-state index contributed by atoms with van der Waals surface area (Å²) in [5.74, 6) is 1.58. The highest BCUT2D eigenvalue weighted by molar-refractivity contribution is 7.25. The van der Waals surface area contributed by atoms with Crippen LogP contribution in [-0.4, -0.2) is 15.8 Å². The molecule has 0 amide bonds. The number of rotatable bonds is 8. The molecule has 0 radical (unpaired) electrons. The van der Waals surface area contributed by atoms with Crippen molar-refractivity contribution >= 4 is 59.4 Å². The highest BCUT2D eigenvalue weighted by Gasteiger charge is 2.21. The average Bonchev–Trinajstić information content (AvgIpc) is 3.76. The third-order valence-electron chi connectivity index (χ3n) is 12.7. The van der Waals surface area contributed by atoms with Crippen LogP contribution in [0.2, 0.25) is 0 Å². The predicted molar refractivity (Wildman–Crippen MR) is 274 cm³/mol. The minimum absolute atomic E-state index is 0.0124. The van der Waals surface area contributed by atoms with E-state index in [1.807, 2.05) is 17.4 Å². The lowest BCUT2D eigenvalue weighted by Gasteiger charge is -2.24. The molecule has 4 nitrogen and oxygen atoms in total. The maximum atomic E-state index is 5.27. The van der Waals surface area contributed by atoms with Crippen molar-refractivity contribution in [3.63, 3.8) is 0 Å². The van der Waals surface area contributed by atoms with Crippen molar-refractivity contribution in [1.82, 2.24) is 15.3 Å². The van der Waals surface area contributed by atoms with Gasteiger partial charge in [-0.2, -0.15) is 0 Å². The summed E-state index contributed by atoms with van der Waals surface area (Å²) in [4.78, 5) is 15.7. The molecule has 308 valence electrons.